The lowest BCUT2D eigenvalue weighted by Crippen LogP contribution is -2.35. The van der Waals surface area contributed by atoms with E-state index in [4.69, 9.17) is 10.5 Å². The van der Waals surface area contributed by atoms with Crippen molar-refractivity contribution in [1.82, 2.24) is 0 Å². The Labute approximate surface area is 129 Å². The van der Waals surface area contributed by atoms with Crippen LogP contribution in [0.15, 0.2) is 40.9 Å². The van der Waals surface area contributed by atoms with Gasteiger partial charge in [0.2, 0.25) is 0 Å². The Morgan fingerprint density at radius 3 is 2.25 bits per heavy atom. The zero-order valence-electron chi connectivity index (χ0n) is 12.3. The molecule has 20 heavy (non-hydrogen) atoms. The molecule has 0 fully saturated rings. The number of nitrogens with two attached hydrogens (primary N) is 1. The molecule has 0 aliphatic rings. The van der Waals surface area contributed by atoms with Gasteiger partial charge in [-0.1, -0.05) is 34.1 Å². The molecule has 0 spiro atoms. The molecule has 1 atom stereocenters. The molecule has 0 heterocycles. The van der Waals surface area contributed by atoms with Crippen LogP contribution in [0.1, 0.15) is 29.2 Å². The van der Waals surface area contributed by atoms with Crippen LogP contribution in [0.3, 0.4) is 0 Å². The van der Waals surface area contributed by atoms with Crippen molar-refractivity contribution in [1.29, 1.82) is 0 Å². The summed E-state index contributed by atoms with van der Waals surface area (Å²) in [6.07, 6.45) is 0. The first-order chi connectivity index (χ1) is 9.36. The van der Waals surface area contributed by atoms with Crippen molar-refractivity contribution in [2.24, 2.45) is 5.73 Å². The largest absolute Gasteiger partial charge is 0.496 e. The molecule has 0 bridgehead atoms. The summed E-state index contributed by atoms with van der Waals surface area (Å²) in [6.45, 7) is 6.16. The molecule has 0 saturated heterocycles. The zero-order valence-corrected chi connectivity index (χ0v) is 13.9. The summed E-state index contributed by atoms with van der Waals surface area (Å²) in [5.74, 6) is 0.843. The highest BCUT2D eigenvalue weighted by Crippen LogP contribution is 2.37. The van der Waals surface area contributed by atoms with Gasteiger partial charge in [-0.15, -0.1) is 0 Å². The van der Waals surface area contributed by atoms with Gasteiger partial charge in [0.1, 0.15) is 5.75 Å². The average molecular weight is 334 g/mol. The van der Waals surface area contributed by atoms with E-state index in [2.05, 4.69) is 35.8 Å². The molecule has 0 saturated carbocycles. The van der Waals surface area contributed by atoms with E-state index in [1.165, 1.54) is 5.56 Å². The Balaban J connectivity index is 2.62. The molecule has 2 rings (SSSR count). The second kappa shape index (κ2) is 5.58. The lowest BCUT2D eigenvalue weighted by atomic mass is 9.82. The Morgan fingerprint density at radius 1 is 1.10 bits per heavy atom. The maximum absolute atomic E-state index is 6.64. The molecule has 0 aliphatic heterocycles. The Bertz CT molecular complexity index is 618. The summed E-state index contributed by atoms with van der Waals surface area (Å²) in [5, 5.41) is 0. The van der Waals surface area contributed by atoms with Crippen LogP contribution >= 0.6 is 15.9 Å². The Kier molecular flexibility index (Phi) is 4.21. The molecule has 2 N–H and O–H groups in total. The van der Waals surface area contributed by atoms with E-state index >= 15 is 0 Å². The van der Waals surface area contributed by atoms with Gasteiger partial charge in [0, 0.05) is 10.0 Å². The lowest BCUT2D eigenvalue weighted by Gasteiger charge is -2.30. The third-order valence-electron chi connectivity index (χ3n) is 3.63. The van der Waals surface area contributed by atoms with E-state index in [0.717, 1.165) is 26.9 Å². The second-order valence-electron chi connectivity index (χ2n) is 5.37. The maximum Gasteiger partial charge on any atom is 0.124 e. The fourth-order valence-corrected chi connectivity index (χ4v) is 2.96. The van der Waals surface area contributed by atoms with Crippen LogP contribution in [-0.4, -0.2) is 7.11 Å². The van der Waals surface area contributed by atoms with Crippen LogP contribution < -0.4 is 10.5 Å². The van der Waals surface area contributed by atoms with Gasteiger partial charge in [-0.3, -0.25) is 0 Å². The molecule has 0 aliphatic carbocycles. The highest BCUT2D eigenvalue weighted by atomic mass is 79.9. The molecular weight excluding hydrogens is 314 g/mol. The number of aryl methyl sites for hydroxylation is 2. The first-order valence-corrected chi connectivity index (χ1v) is 7.36. The Morgan fingerprint density at radius 2 is 1.70 bits per heavy atom. The zero-order chi connectivity index (χ0) is 14.9. The number of rotatable bonds is 3. The van der Waals surface area contributed by atoms with Gasteiger partial charge in [0.25, 0.3) is 0 Å². The van der Waals surface area contributed by atoms with E-state index in [0.29, 0.717) is 0 Å². The minimum absolute atomic E-state index is 0.593. The number of halogens is 1. The van der Waals surface area contributed by atoms with Crippen molar-refractivity contribution in [3.63, 3.8) is 0 Å². The topological polar surface area (TPSA) is 35.2 Å². The normalized spacial score (nSPS) is 13.9. The number of hydrogen-bond acceptors (Lipinski definition) is 2. The number of methoxy groups -OCH3 is 1. The van der Waals surface area contributed by atoms with Crippen LogP contribution in [0, 0.1) is 13.8 Å². The first-order valence-electron chi connectivity index (χ1n) is 6.57. The van der Waals surface area contributed by atoms with Gasteiger partial charge in [-0.25, -0.2) is 0 Å². The quantitative estimate of drug-likeness (QED) is 0.908. The van der Waals surface area contributed by atoms with Crippen LogP contribution in [0.4, 0.5) is 0 Å². The van der Waals surface area contributed by atoms with Crippen molar-refractivity contribution < 1.29 is 4.74 Å². The number of ether oxygens (including phenoxy) is 1. The smallest absolute Gasteiger partial charge is 0.124 e. The summed E-state index contributed by atoms with van der Waals surface area (Å²) >= 11 is 3.46. The van der Waals surface area contributed by atoms with Crippen molar-refractivity contribution in [3.8, 4) is 5.75 Å². The molecule has 1 unspecified atom stereocenters. The predicted molar refractivity (Wildman–Crippen MR) is 87.3 cm³/mol. The maximum atomic E-state index is 6.64. The molecule has 3 heteroatoms. The SMILES string of the molecule is COc1cc(C)cc(C)c1C(C)(N)c1ccc(Br)cc1. The van der Waals surface area contributed by atoms with Crippen LogP contribution in [0.2, 0.25) is 0 Å². The molecule has 0 aromatic heterocycles. The number of benzene rings is 2. The van der Waals surface area contributed by atoms with Crippen molar-refractivity contribution in [2.45, 2.75) is 26.3 Å². The fourth-order valence-electron chi connectivity index (χ4n) is 2.70. The Hall–Kier alpha value is -1.32. The third kappa shape index (κ3) is 2.74. The van der Waals surface area contributed by atoms with Gasteiger partial charge < -0.3 is 10.5 Å². The van der Waals surface area contributed by atoms with E-state index in [1.54, 1.807) is 7.11 Å². The molecular formula is C17H20BrNO. The van der Waals surface area contributed by atoms with E-state index < -0.39 is 5.54 Å². The van der Waals surface area contributed by atoms with Crippen molar-refractivity contribution in [2.75, 3.05) is 7.11 Å². The van der Waals surface area contributed by atoms with Crippen LogP contribution in [0.25, 0.3) is 0 Å². The van der Waals surface area contributed by atoms with E-state index in [1.807, 2.05) is 37.3 Å². The van der Waals surface area contributed by atoms with E-state index in [-0.39, 0.29) is 0 Å². The molecule has 2 aromatic carbocycles. The van der Waals surface area contributed by atoms with Gasteiger partial charge in [-0.2, -0.15) is 0 Å². The summed E-state index contributed by atoms with van der Waals surface area (Å²) in [7, 11) is 1.69. The molecule has 0 radical (unpaired) electrons. The minimum atomic E-state index is -0.593. The van der Waals surface area contributed by atoms with Gasteiger partial charge in [0.15, 0.2) is 0 Å². The third-order valence-corrected chi connectivity index (χ3v) is 4.16. The average Bonchev–Trinajstić information content (AvgIpc) is 2.37. The van der Waals surface area contributed by atoms with Gasteiger partial charge in [-0.05, 0) is 55.7 Å². The molecule has 2 nitrogen and oxygen atoms in total. The fraction of sp³-hybridized carbons (Fsp3) is 0.294. The first kappa shape index (κ1) is 15.1. The summed E-state index contributed by atoms with van der Waals surface area (Å²) in [4.78, 5) is 0. The van der Waals surface area contributed by atoms with Crippen LogP contribution in [-0.2, 0) is 5.54 Å². The molecule has 2 aromatic rings. The second-order valence-corrected chi connectivity index (χ2v) is 6.28. The van der Waals surface area contributed by atoms with Crippen molar-refractivity contribution in [3.05, 3.63) is 63.1 Å². The summed E-state index contributed by atoms with van der Waals surface area (Å²) < 4.78 is 6.60. The highest BCUT2D eigenvalue weighted by Gasteiger charge is 2.29. The van der Waals surface area contributed by atoms with Crippen LogP contribution in [0.5, 0.6) is 5.75 Å². The van der Waals surface area contributed by atoms with E-state index in [9.17, 15) is 0 Å². The monoisotopic (exact) mass is 333 g/mol. The van der Waals surface area contributed by atoms with Gasteiger partial charge >= 0.3 is 0 Å². The number of hydrogen-bond donors (Lipinski definition) is 1. The minimum Gasteiger partial charge on any atom is -0.496 e. The van der Waals surface area contributed by atoms with Gasteiger partial charge in [0.05, 0.1) is 12.6 Å². The standard InChI is InChI=1S/C17H20BrNO/c1-11-9-12(2)16(15(10-11)20-4)17(3,19)13-5-7-14(18)8-6-13/h5-10H,19H2,1-4H3. The molecule has 106 valence electrons. The predicted octanol–water partition coefficient (Wildman–Crippen LogP) is 4.30. The summed E-state index contributed by atoms with van der Waals surface area (Å²) in [6, 6.07) is 12.3. The molecule has 0 amide bonds. The lowest BCUT2D eigenvalue weighted by molar-refractivity contribution is 0.397. The summed E-state index contributed by atoms with van der Waals surface area (Å²) in [5.41, 5.74) is 10.5. The van der Waals surface area contributed by atoms with Crippen molar-refractivity contribution >= 4 is 15.9 Å². The highest BCUT2D eigenvalue weighted by molar-refractivity contribution is 9.10.